The topological polar surface area (TPSA) is 95.2 Å². The summed E-state index contributed by atoms with van der Waals surface area (Å²) in [6, 6.07) is 1.47. The summed E-state index contributed by atoms with van der Waals surface area (Å²) in [6.07, 6.45) is 1.57. The van der Waals surface area contributed by atoms with Gasteiger partial charge in [-0.05, 0) is 34.5 Å². The Morgan fingerprint density at radius 2 is 2.12 bits per heavy atom. The Balaban J connectivity index is 2.76. The van der Waals surface area contributed by atoms with Crippen LogP contribution >= 0.6 is 15.9 Å². The van der Waals surface area contributed by atoms with Crippen molar-refractivity contribution in [2.45, 2.75) is 6.92 Å². The molecule has 0 amide bonds. The Kier molecular flexibility index (Phi) is 2.51. The summed E-state index contributed by atoms with van der Waals surface area (Å²) in [7, 11) is 0. The maximum absolute atomic E-state index is 9.63. The second-order valence-electron chi connectivity index (χ2n) is 3.45. The highest BCUT2D eigenvalue weighted by Gasteiger charge is 2.17. The second-order valence-corrected chi connectivity index (χ2v) is 4.24. The van der Waals surface area contributed by atoms with Crippen LogP contribution in [0.2, 0.25) is 0 Å². The van der Waals surface area contributed by atoms with Crippen LogP contribution in [0.5, 0.6) is 11.5 Å². The summed E-state index contributed by atoms with van der Waals surface area (Å²) in [5.41, 5.74) is 7.89. The number of hydrogen-bond donors (Lipinski definition) is 4. The van der Waals surface area contributed by atoms with Gasteiger partial charge in [-0.2, -0.15) is 5.10 Å². The molecule has 5 N–H and O–H groups in total. The lowest BCUT2D eigenvalue weighted by Crippen LogP contribution is -1.91. The number of aryl methyl sites for hydroxylation is 1. The van der Waals surface area contributed by atoms with E-state index < -0.39 is 0 Å². The van der Waals surface area contributed by atoms with Crippen molar-refractivity contribution in [1.82, 2.24) is 10.2 Å². The molecule has 0 aliphatic carbocycles. The summed E-state index contributed by atoms with van der Waals surface area (Å²) in [6.45, 7) is 1.81. The summed E-state index contributed by atoms with van der Waals surface area (Å²) < 4.78 is 0.401. The van der Waals surface area contributed by atoms with Gasteiger partial charge in [0.2, 0.25) is 0 Å². The van der Waals surface area contributed by atoms with Gasteiger partial charge in [-0.3, -0.25) is 5.10 Å². The highest BCUT2D eigenvalue weighted by atomic mass is 79.9. The van der Waals surface area contributed by atoms with Gasteiger partial charge in [-0.1, -0.05) is 0 Å². The van der Waals surface area contributed by atoms with E-state index >= 15 is 0 Å². The van der Waals surface area contributed by atoms with E-state index in [4.69, 9.17) is 5.73 Å². The number of rotatable bonds is 1. The van der Waals surface area contributed by atoms with Gasteiger partial charge >= 0.3 is 0 Å². The molecule has 1 aromatic heterocycles. The molecule has 0 bridgehead atoms. The third-order valence-electron chi connectivity index (χ3n) is 2.36. The molecule has 1 aromatic carbocycles. The smallest absolute Gasteiger partial charge is 0.172 e. The van der Waals surface area contributed by atoms with E-state index in [1.54, 1.807) is 6.20 Å². The first-order valence-electron chi connectivity index (χ1n) is 4.52. The first kappa shape index (κ1) is 10.8. The third kappa shape index (κ3) is 1.51. The Labute approximate surface area is 100 Å². The molecule has 1 heterocycles. The van der Waals surface area contributed by atoms with E-state index in [0.717, 1.165) is 5.56 Å². The molecular formula is C10H10BrN3O2. The van der Waals surface area contributed by atoms with Crippen molar-refractivity contribution in [2.75, 3.05) is 5.73 Å². The Morgan fingerprint density at radius 1 is 1.44 bits per heavy atom. The number of phenolic OH excluding ortho intramolecular Hbond substituents is 2. The average Bonchev–Trinajstić information content (AvgIpc) is 2.62. The van der Waals surface area contributed by atoms with Crippen LogP contribution in [0.15, 0.2) is 16.7 Å². The highest BCUT2D eigenvalue weighted by molar-refractivity contribution is 9.10. The monoisotopic (exact) mass is 283 g/mol. The van der Waals surface area contributed by atoms with Crippen LogP contribution in [0.25, 0.3) is 11.1 Å². The highest BCUT2D eigenvalue weighted by Crippen LogP contribution is 2.43. The number of phenols is 2. The number of anilines is 1. The van der Waals surface area contributed by atoms with Crippen LogP contribution in [0.4, 0.5) is 5.82 Å². The summed E-state index contributed by atoms with van der Waals surface area (Å²) in [4.78, 5) is 0. The van der Waals surface area contributed by atoms with Crippen LogP contribution in [0, 0.1) is 6.92 Å². The van der Waals surface area contributed by atoms with E-state index in [-0.39, 0.29) is 11.5 Å². The number of nitrogens with one attached hydrogen (secondary N) is 1. The van der Waals surface area contributed by atoms with Crippen molar-refractivity contribution in [3.63, 3.8) is 0 Å². The number of aromatic amines is 1. The molecule has 0 aliphatic rings. The van der Waals surface area contributed by atoms with E-state index in [9.17, 15) is 10.2 Å². The Bertz CT molecular complexity index is 551. The number of benzene rings is 1. The van der Waals surface area contributed by atoms with Gasteiger partial charge in [-0.15, -0.1) is 0 Å². The first-order chi connectivity index (χ1) is 7.52. The van der Waals surface area contributed by atoms with E-state index in [1.807, 2.05) is 6.92 Å². The zero-order valence-corrected chi connectivity index (χ0v) is 10.0. The normalized spacial score (nSPS) is 10.6. The second kappa shape index (κ2) is 3.71. The van der Waals surface area contributed by atoms with Gasteiger partial charge < -0.3 is 15.9 Å². The zero-order chi connectivity index (χ0) is 11.9. The molecular weight excluding hydrogens is 274 g/mol. The van der Waals surface area contributed by atoms with Crippen LogP contribution in [-0.2, 0) is 0 Å². The fourth-order valence-corrected chi connectivity index (χ4v) is 2.30. The predicted octanol–water partition coefficient (Wildman–Crippen LogP) is 2.14. The third-order valence-corrected chi connectivity index (χ3v) is 3.13. The molecule has 0 fully saturated rings. The van der Waals surface area contributed by atoms with Crippen LogP contribution in [0.1, 0.15) is 5.56 Å². The number of H-pyrrole nitrogens is 1. The summed E-state index contributed by atoms with van der Waals surface area (Å²) >= 11 is 3.23. The molecule has 0 aliphatic heterocycles. The maximum atomic E-state index is 9.63. The molecule has 0 spiro atoms. The van der Waals surface area contributed by atoms with Crippen molar-refractivity contribution < 1.29 is 10.2 Å². The molecule has 2 aromatic rings. The average molecular weight is 284 g/mol. The van der Waals surface area contributed by atoms with Crippen molar-refractivity contribution in [3.8, 4) is 22.6 Å². The first-order valence-corrected chi connectivity index (χ1v) is 5.32. The SMILES string of the molecule is Cc1cc(O)c(O)c(Br)c1-c1cn[nH]c1N. The molecule has 0 atom stereocenters. The minimum Gasteiger partial charge on any atom is -0.504 e. The predicted molar refractivity (Wildman–Crippen MR) is 64.2 cm³/mol. The lowest BCUT2D eigenvalue weighted by Gasteiger charge is -2.10. The van der Waals surface area contributed by atoms with Gasteiger partial charge in [0.1, 0.15) is 5.82 Å². The van der Waals surface area contributed by atoms with E-state index in [0.29, 0.717) is 21.4 Å². The van der Waals surface area contributed by atoms with Gasteiger partial charge in [0.25, 0.3) is 0 Å². The minimum absolute atomic E-state index is 0.171. The fraction of sp³-hybridized carbons (Fsp3) is 0.100. The lowest BCUT2D eigenvalue weighted by atomic mass is 10.0. The number of nitrogens with two attached hydrogens (primary N) is 1. The van der Waals surface area contributed by atoms with E-state index in [1.165, 1.54) is 6.07 Å². The molecule has 0 saturated carbocycles. The maximum Gasteiger partial charge on any atom is 0.172 e. The van der Waals surface area contributed by atoms with Crippen molar-refractivity contribution in [3.05, 3.63) is 22.3 Å². The van der Waals surface area contributed by atoms with Gasteiger partial charge in [0.05, 0.1) is 10.7 Å². The van der Waals surface area contributed by atoms with Gasteiger partial charge in [0.15, 0.2) is 11.5 Å². The molecule has 2 rings (SSSR count). The zero-order valence-electron chi connectivity index (χ0n) is 8.45. The quantitative estimate of drug-likeness (QED) is 0.603. The molecule has 6 heteroatoms. The van der Waals surface area contributed by atoms with Crippen LogP contribution in [-0.4, -0.2) is 20.4 Å². The molecule has 84 valence electrons. The van der Waals surface area contributed by atoms with Gasteiger partial charge in [0, 0.05) is 11.1 Å². The largest absolute Gasteiger partial charge is 0.504 e. The lowest BCUT2D eigenvalue weighted by molar-refractivity contribution is 0.401. The molecule has 0 saturated heterocycles. The van der Waals surface area contributed by atoms with Crippen LogP contribution in [0.3, 0.4) is 0 Å². The number of nitrogens with zero attached hydrogens (tertiary/aromatic N) is 1. The number of hydrogen-bond acceptors (Lipinski definition) is 4. The van der Waals surface area contributed by atoms with Gasteiger partial charge in [-0.25, -0.2) is 0 Å². The number of halogens is 1. The minimum atomic E-state index is -0.207. The molecule has 5 nitrogen and oxygen atoms in total. The molecule has 16 heavy (non-hydrogen) atoms. The van der Waals surface area contributed by atoms with E-state index in [2.05, 4.69) is 26.1 Å². The van der Waals surface area contributed by atoms with Crippen molar-refractivity contribution in [2.24, 2.45) is 0 Å². The summed E-state index contributed by atoms with van der Waals surface area (Å²) in [5, 5.41) is 25.5. The number of aromatic hydroxyl groups is 2. The van der Waals surface area contributed by atoms with Crippen LogP contribution < -0.4 is 5.73 Å². The fourth-order valence-electron chi connectivity index (χ4n) is 1.58. The number of nitrogen functional groups attached to an aromatic ring is 1. The molecule has 0 unspecified atom stereocenters. The molecule has 0 radical (unpaired) electrons. The van der Waals surface area contributed by atoms with Crippen molar-refractivity contribution in [1.29, 1.82) is 0 Å². The summed E-state index contributed by atoms with van der Waals surface area (Å²) in [5.74, 6) is 0.0327. The van der Waals surface area contributed by atoms with Crippen molar-refractivity contribution >= 4 is 21.7 Å². The Hall–Kier alpha value is -1.69. The number of aromatic nitrogens is 2. The Morgan fingerprint density at radius 3 is 2.69 bits per heavy atom. The standard InChI is InChI=1S/C10H10BrN3O2/c1-4-2-6(15)9(16)8(11)7(4)5-3-13-14-10(5)12/h2-3,15-16H,1H3,(H3,12,13,14).